The number of benzene rings is 1. The van der Waals surface area contributed by atoms with Gasteiger partial charge in [-0.25, -0.2) is 18.0 Å². The van der Waals surface area contributed by atoms with Gasteiger partial charge in [-0.1, -0.05) is 11.6 Å². The minimum Gasteiger partial charge on any atom is -0.478 e. The number of halogens is 1. The van der Waals surface area contributed by atoms with Crippen molar-refractivity contribution in [3.63, 3.8) is 0 Å². The molecule has 9 heteroatoms. The third-order valence-corrected chi connectivity index (χ3v) is 3.85. The first kappa shape index (κ1) is 17.3. The minimum absolute atomic E-state index is 0.0318. The van der Waals surface area contributed by atoms with E-state index in [0.717, 1.165) is 6.26 Å². The molecule has 0 spiro atoms. The Hall–Kier alpha value is -1.80. The molecule has 0 fully saturated rings. The van der Waals surface area contributed by atoms with Crippen molar-refractivity contribution in [2.24, 2.45) is 0 Å². The topological polar surface area (TPSA) is 104 Å². The lowest BCUT2D eigenvalue weighted by atomic mass is 10.2. The van der Waals surface area contributed by atoms with Crippen molar-refractivity contribution in [3.8, 4) is 0 Å². The molecule has 0 aliphatic heterocycles. The van der Waals surface area contributed by atoms with Crippen LogP contribution in [0, 0.1) is 0 Å². The number of aromatic carboxylic acids is 1. The number of anilines is 1. The summed E-state index contributed by atoms with van der Waals surface area (Å²) in [4.78, 5) is 24.0. The fourth-order valence-corrected chi connectivity index (χ4v) is 2.19. The van der Waals surface area contributed by atoms with Gasteiger partial charge >= 0.3 is 12.0 Å². The van der Waals surface area contributed by atoms with Crippen molar-refractivity contribution in [2.45, 2.75) is 0 Å². The van der Waals surface area contributed by atoms with Crippen LogP contribution in [-0.2, 0) is 9.84 Å². The van der Waals surface area contributed by atoms with Gasteiger partial charge in [-0.2, -0.15) is 0 Å². The monoisotopic (exact) mass is 334 g/mol. The van der Waals surface area contributed by atoms with Crippen LogP contribution >= 0.6 is 11.6 Å². The van der Waals surface area contributed by atoms with Crippen LogP contribution < -0.4 is 5.32 Å². The fourth-order valence-electron chi connectivity index (χ4n) is 1.39. The van der Waals surface area contributed by atoms with E-state index in [-0.39, 0.29) is 28.6 Å². The second-order valence-corrected chi connectivity index (χ2v) is 7.15. The Morgan fingerprint density at radius 1 is 1.38 bits per heavy atom. The Morgan fingerprint density at radius 3 is 2.52 bits per heavy atom. The van der Waals surface area contributed by atoms with E-state index >= 15 is 0 Å². The Kier molecular flexibility index (Phi) is 5.56. The molecule has 0 bridgehead atoms. The quantitative estimate of drug-likeness (QED) is 0.850. The van der Waals surface area contributed by atoms with Crippen molar-refractivity contribution >= 4 is 39.1 Å². The minimum atomic E-state index is -3.17. The number of hydrogen-bond acceptors (Lipinski definition) is 4. The smallest absolute Gasteiger partial charge is 0.337 e. The van der Waals surface area contributed by atoms with Crippen molar-refractivity contribution in [3.05, 3.63) is 28.8 Å². The second-order valence-electron chi connectivity index (χ2n) is 4.48. The number of carbonyl (C=O) groups is 2. The van der Waals surface area contributed by atoms with E-state index in [1.54, 1.807) is 0 Å². The molecule has 0 aliphatic carbocycles. The predicted octanol–water partition coefficient (Wildman–Crippen LogP) is 1.55. The van der Waals surface area contributed by atoms with Gasteiger partial charge in [-0.15, -0.1) is 0 Å². The van der Waals surface area contributed by atoms with E-state index in [9.17, 15) is 18.0 Å². The Labute approximate surface area is 127 Å². The summed E-state index contributed by atoms with van der Waals surface area (Å²) in [6.45, 7) is 0.0318. The summed E-state index contributed by atoms with van der Waals surface area (Å²) in [5.41, 5.74) is 0.126. The van der Waals surface area contributed by atoms with Crippen LogP contribution in [0.15, 0.2) is 18.2 Å². The Bertz CT molecular complexity index is 660. The van der Waals surface area contributed by atoms with Crippen LogP contribution in [0.5, 0.6) is 0 Å². The number of nitrogens with one attached hydrogen (secondary N) is 1. The van der Waals surface area contributed by atoms with Gasteiger partial charge in [-0.3, -0.25) is 0 Å². The van der Waals surface area contributed by atoms with Gasteiger partial charge in [0.05, 0.1) is 16.3 Å². The van der Waals surface area contributed by atoms with Crippen LogP contribution in [0.1, 0.15) is 10.4 Å². The first-order chi connectivity index (χ1) is 9.60. The molecule has 1 aromatic rings. The van der Waals surface area contributed by atoms with Gasteiger partial charge in [-0.05, 0) is 18.2 Å². The molecular formula is C12H15ClN2O5S. The molecule has 0 aliphatic rings. The molecule has 1 aromatic carbocycles. The Morgan fingerprint density at radius 2 is 2.00 bits per heavy atom. The normalized spacial score (nSPS) is 11.0. The average molecular weight is 335 g/mol. The molecular weight excluding hydrogens is 320 g/mol. The van der Waals surface area contributed by atoms with Gasteiger partial charge < -0.3 is 15.3 Å². The van der Waals surface area contributed by atoms with Crippen LogP contribution in [0.3, 0.4) is 0 Å². The fraction of sp³-hybridized carbons (Fsp3) is 0.333. The van der Waals surface area contributed by atoms with Crippen molar-refractivity contribution < 1.29 is 23.1 Å². The molecule has 0 unspecified atom stereocenters. The summed E-state index contributed by atoms with van der Waals surface area (Å²) >= 11 is 5.72. The summed E-state index contributed by atoms with van der Waals surface area (Å²) in [6.07, 6.45) is 1.08. The summed E-state index contributed by atoms with van der Waals surface area (Å²) in [7, 11) is -1.73. The molecule has 0 saturated carbocycles. The molecule has 2 N–H and O–H groups in total. The second kappa shape index (κ2) is 6.77. The number of rotatable bonds is 5. The van der Waals surface area contributed by atoms with Crippen LogP contribution in [0.4, 0.5) is 10.5 Å². The standard InChI is InChI=1S/C12H15ClN2O5S/c1-15(5-6-21(2,19)20)12(18)14-8-3-4-10(13)9(7-8)11(16)17/h3-4,7H,5-6H2,1-2H3,(H,14,18)(H,16,17). The van der Waals surface area contributed by atoms with Gasteiger partial charge in [0.1, 0.15) is 9.84 Å². The lowest BCUT2D eigenvalue weighted by Gasteiger charge is -2.17. The summed E-state index contributed by atoms with van der Waals surface area (Å²) in [5.74, 6) is -1.36. The third kappa shape index (κ3) is 5.60. The van der Waals surface area contributed by atoms with Crippen molar-refractivity contribution in [2.75, 3.05) is 30.9 Å². The molecule has 0 aromatic heterocycles. The number of nitrogens with zero attached hydrogens (tertiary/aromatic N) is 1. The largest absolute Gasteiger partial charge is 0.478 e. The summed E-state index contributed by atoms with van der Waals surface area (Å²) in [6, 6.07) is 3.50. The number of urea groups is 1. The van der Waals surface area contributed by atoms with Crippen molar-refractivity contribution in [1.29, 1.82) is 0 Å². The van der Waals surface area contributed by atoms with E-state index < -0.39 is 21.8 Å². The molecule has 2 amide bonds. The third-order valence-electron chi connectivity index (χ3n) is 2.59. The molecule has 0 heterocycles. The summed E-state index contributed by atoms with van der Waals surface area (Å²) in [5, 5.41) is 11.5. The molecule has 116 valence electrons. The maximum Gasteiger partial charge on any atom is 0.337 e. The molecule has 21 heavy (non-hydrogen) atoms. The summed E-state index contributed by atoms with van der Waals surface area (Å²) < 4.78 is 22.1. The highest BCUT2D eigenvalue weighted by atomic mass is 35.5. The first-order valence-corrected chi connectivity index (χ1v) is 8.26. The van der Waals surface area contributed by atoms with E-state index in [0.29, 0.717) is 0 Å². The zero-order chi connectivity index (χ0) is 16.2. The average Bonchev–Trinajstić information content (AvgIpc) is 2.36. The molecule has 7 nitrogen and oxygen atoms in total. The Balaban J connectivity index is 2.75. The highest BCUT2D eigenvalue weighted by Crippen LogP contribution is 2.20. The van der Waals surface area contributed by atoms with E-state index in [1.807, 2.05) is 0 Å². The van der Waals surface area contributed by atoms with Crippen LogP contribution in [-0.4, -0.2) is 56.0 Å². The van der Waals surface area contributed by atoms with Gasteiger partial charge in [0, 0.05) is 25.5 Å². The number of carboxylic acid groups (broad SMARTS) is 1. The first-order valence-electron chi connectivity index (χ1n) is 5.83. The van der Waals surface area contributed by atoms with E-state index in [2.05, 4.69) is 5.32 Å². The molecule has 0 radical (unpaired) electrons. The molecule has 1 rings (SSSR count). The number of carbonyl (C=O) groups excluding carboxylic acids is 1. The zero-order valence-corrected chi connectivity index (χ0v) is 13.0. The maximum absolute atomic E-state index is 11.8. The molecule has 0 saturated heterocycles. The lowest BCUT2D eigenvalue weighted by molar-refractivity contribution is 0.0697. The van der Waals surface area contributed by atoms with E-state index in [4.69, 9.17) is 16.7 Å². The number of carboxylic acids is 1. The van der Waals surface area contributed by atoms with Gasteiger partial charge in [0.2, 0.25) is 0 Å². The SMILES string of the molecule is CN(CCS(C)(=O)=O)C(=O)Nc1ccc(Cl)c(C(=O)O)c1. The van der Waals surface area contributed by atoms with Crippen LogP contribution in [0.2, 0.25) is 5.02 Å². The highest BCUT2D eigenvalue weighted by Gasteiger charge is 2.14. The zero-order valence-electron chi connectivity index (χ0n) is 11.5. The molecule has 0 atom stereocenters. The van der Waals surface area contributed by atoms with Crippen LogP contribution in [0.25, 0.3) is 0 Å². The van der Waals surface area contributed by atoms with Crippen molar-refractivity contribution in [1.82, 2.24) is 4.90 Å². The van der Waals surface area contributed by atoms with Gasteiger partial charge in [0.25, 0.3) is 0 Å². The highest BCUT2D eigenvalue weighted by molar-refractivity contribution is 7.90. The maximum atomic E-state index is 11.8. The number of sulfone groups is 1. The van der Waals surface area contributed by atoms with Gasteiger partial charge in [0.15, 0.2) is 0 Å². The van der Waals surface area contributed by atoms with E-state index in [1.165, 1.54) is 30.1 Å². The number of amides is 2. The number of hydrogen-bond donors (Lipinski definition) is 2. The predicted molar refractivity (Wildman–Crippen MR) is 79.8 cm³/mol. The lowest BCUT2D eigenvalue weighted by Crippen LogP contribution is -2.34.